The summed E-state index contributed by atoms with van der Waals surface area (Å²) in [6.45, 7) is 2.70. The molecule has 0 bridgehead atoms. The van der Waals surface area contributed by atoms with Crippen LogP contribution in [0.15, 0.2) is 24.3 Å². The molecule has 1 saturated heterocycles. The van der Waals surface area contributed by atoms with Crippen LogP contribution in [0.5, 0.6) is 0 Å². The lowest BCUT2D eigenvalue weighted by molar-refractivity contribution is -0.145. The fraction of sp³-hybridized carbons (Fsp3) is 0.500. The lowest BCUT2D eigenvalue weighted by Gasteiger charge is -2.37. The van der Waals surface area contributed by atoms with Crippen molar-refractivity contribution < 1.29 is 14.3 Å². The van der Waals surface area contributed by atoms with Crippen LogP contribution in [0.25, 0.3) is 0 Å². The molecular formula is C14H18FNO2. The van der Waals surface area contributed by atoms with Gasteiger partial charge in [0.05, 0.1) is 0 Å². The maximum absolute atomic E-state index is 13.2. The Bertz CT molecular complexity index is 436. The summed E-state index contributed by atoms with van der Waals surface area (Å²) in [4.78, 5) is 13.2. The molecular weight excluding hydrogens is 233 g/mol. The SMILES string of the molecule is CC(c1cccc(F)c1)N1CCCCC1C(=O)O. The summed E-state index contributed by atoms with van der Waals surface area (Å²) in [6.07, 6.45) is 2.63. The molecule has 0 amide bonds. The highest BCUT2D eigenvalue weighted by molar-refractivity contribution is 5.73. The van der Waals surface area contributed by atoms with Crippen molar-refractivity contribution in [1.82, 2.24) is 4.90 Å². The molecule has 1 N–H and O–H groups in total. The number of nitrogens with zero attached hydrogens (tertiary/aromatic N) is 1. The van der Waals surface area contributed by atoms with E-state index in [1.807, 2.05) is 17.9 Å². The van der Waals surface area contributed by atoms with Crippen LogP contribution in [0, 0.1) is 5.82 Å². The molecule has 0 spiro atoms. The van der Waals surface area contributed by atoms with Crippen LogP contribution in [0.4, 0.5) is 4.39 Å². The first-order valence-corrected chi connectivity index (χ1v) is 6.33. The van der Waals surface area contributed by atoms with E-state index in [0.29, 0.717) is 6.42 Å². The number of halogens is 1. The Hall–Kier alpha value is -1.42. The van der Waals surface area contributed by atoms with Crippen molar-refractivity contribution in [3.8, 4) is 0 Å². The zero-order chi connectivity index (χ0) is 13.1. The van der Waals surface area contributed by atoms with Gasteiger partial charge < -0.3 is 5.11 Å². The van der Waals surface area contributed by atoms with Crippen LogP contribution in [0.1, 0.15) is 37.8 Å². The number of hydrogen-bond donors (Lipinski definition) is 1. The van der Waals surface area contributed by atoms with Crippen LogP contribution in [-0.2, 0) is 4.79 Å². The molecule has 3 nitrogen and oxygen atoms in total. The van der Waals surface area contributed by atoms with Gasteiger partial charge in [-0.1, -0.05) is 18.6 Å². The quantitative estimate of drug-likeness (QED) is 0.898. The summed E-state index contributed by atoms with van der Waals surface area (Å²) in [5.41, 5.74) is 0.836. The van der Waals surface area contributed by atoms with E-state index >= 15 is 0 Å². The molecule has 1 aliphatic rings. The van der Waals surface area contributed by atoms with E-state index in [-0.39, 0.29) is 11.9 Å². The number of carboxylic acid groups (broad SMARTS) is 1. The van der Waals surface area contributed by atoms with Gasteiger partial charge in [-0.2, -0.15) is 0 Å². The second kappa shape index (κ2) is 5.48. The summed E-state index contributed by atoms with van der Waals surface area (Å²) >= 11 is 0. The Balaban J connectivity index is 2.20. The fourth-order valence-corrected chi connectivity index (χ4v) is 2.64. The number of carbonyl (C=O) groups is 1. The van der Waals surface area contributed by atoms with Gasteiger partial charge in [-0.25, -0.2) is 4.39 Å². The van der Waals surface area contributed by atoms with Crippen molar-refractivity contribution >= 4 is 5.97 Å². The van der Waals surface area contributed by atoms with E-state index < -0.39 is 12.0 Å². The van der Waals surface area contributed by atoms with Crippen LogP contribution < -0.4 is 0 Å². The Kier molecular flexibility index (Phi) is 3.97. The molecule has 0 radical (unpaired) electrons. The molecule has 4 heteroatoms. The average Bonchev–Trinajstić information content (AvgIpc) is 2.38. The third-order valence-corrected chi connectivity index (χ3v) is 3.66. The third kappa shape index (κ3) is 2.70. The maximum atomic E-state index is 13.2. The Morgan fingerprint density at radius 1 is 1.50 bits per heavy atom. The van der Waals surface area contributed by atoms with Crippen LogP contribution >= 0.6 is 0 Å². The van der Waals surface area contributed by atoms with E-state index in [0.717, 1.165) is 24.9 Å². The van der Waals surface area contributed by atoms with E-state index in [1.165, 1.54) is 12.1 Å². The molecule has 0 aromatic heterocycles. The number of hydrogen-bond acceptors (Lipinski definition) is 2. The fourth-order valence-electron chi connectivity index (χ4n) is 2.64. The predicted octanol–water partition coefficient (Wildman–Crippen LogP) is 2.83. The molecule has 2 unspecified atom stereocenters. The molecule has 0 aliphatic carbocycles. The molecule has 1 heterocycles. The van der Waals surface area contributed by atoms with Gasteiger partial charge in [-0.15, -0.1) is 0 Å². The Labute approximate surface area is 106 Å². The molecule has 2 atom stereocenters. The van der Waals surface area contributed by atoms with Gasteiger partial charge in [0, 0.05) is 6.04 Å². The highest BCUT2D eigenvalue weighted by Gasteiger charge is 2.32. The van der Waals surface area contributed by atoms with Crippen molar-refractivity contribution in [3.05, 3.63) is 35.6 Å². The zero-order valence-corrected chi connectivity index (χ0v) is 10.5. The lowest BCUT2D eigenvalue weighted by atomic mass is 9.97. The summed E-state index contributed by atoms with van der Waals surface area (Å²) in [5, 5.41) is 9.24. The molecule has 0 saturated carbocycles. The minimum absolute atomic E-state index is 0.0675. The van der Waals surface area contributed by atoms with Crippen molar-refractivity contribution in [2.45, 2.75) is 38.3 Å². The second-order valence-electron chi connectivity index (χ2n) is 4.82. The molecule has 1 fully saturated rings. The van der Waals surface area contributed by atoms with Gasteiger partial charge in [0.25, 0.3) is 0 Å². The number of carboxylic acids is 1. The van der Waals surface area contributed by atoms with Crippen molar-refractivity contribution in [2.24, 2.45) is 0 Å². The van der Waals surface area contributed by atoms with Gasteiger partial charge in [0.2, 0.25) is 0 Å². The Morgan fingerprint density at radius 3 is 2.94 bits per heavy atom. The van der Waals surface area contributed by atoms with E-state index in [9.17, 15) is 14.3 Å². The van der Waals surface area contributed by atoms with E-state index in [2.05, 4.69) is 0 Å². The number of likely N-dealkylation sites (tertiary alicyclic amines) is 1. The molecule has 2 rings (SSSR count). The van der Waals surface area contributed by atoms with Crippen LogP contribution in [0.2, 0.25) is 0 Å². The molecule has 98 valence electrons. The minimum atomic E-state index is -0.780. The molecule has 1 aromatic carbocycles. The van der Waals surface area contributed by atoms with Gasteiger partial charge in [-0.3, -0.25) is 9.69 Å². The van der Waals surface area contributed by atoms with Crippen LogP contribution in [0.3, 0.4) is 0 Å². The maximum Gasteiger partial charge on any atom is 0.320 e. The highest BCUT2D eigenvalue weighted by Crippen LogP contribution is 2.28. The van der Waals surface area contributed by atoms with Gasteiger partial charge in [-0.05, 0) is 44.0 Å². The van der Waals surface area contributed by atoms with E-state index in [1.54, 1.807) is 6.07 Å². The monoisotopic (exact) mass is 251 g/mol. The van der Waals surface area contributed by atoms with Crippen molar-refractivity contribution in [1.29, 1.82) is 0 Å². The highest BCUT2D eigenvalue weighted by atomic mass is 19.1. The number of benzene rings is 1. The third-order valence-electron chi connectivity index (χ3n) is 3.66. The summed E-state index contributed by atoms with van der Waals surface area (Å²) in [7, 11) is 0. The van der Waals surface area contributed by atoms with Crippen molar-refractivity contribution in [3.63, 3.8) is 0 Å². The first-order chi connectivity index (χ1) is 8.59. The topological polar surface area (TPSA) is 40.5 Å². The van der Waals surface area contributed by atoms with Crippen LogP contribution in [-0.4, -0.2) is 28.6 Å². The van der Waals surface area contributed by atoms with Gasteiger partial charge in [0.1, 0.15) is 11.9 Å². The van der Waals surface area contributed by atoms with E-state index in [4.69, 9.17) is 0 Å². The number of piperidine rings is 1. The second-order valence-corrected chi connectivity index (χ2v) is 4.82. The Morgan fingerprint density at radius 2 is 2.28 bits per heavy atom. The largest absolute Gasteiger partial charge is 0.480 e. The standard InChI is InChI=1S/C14H18FNO2/c1-10(11-5-4-6-12(15)9-11)16-8-3-2-7-13(16)14(17)18/h4-6,9-10,13H,2-3,7-8H2,1H3,(H,17,18). The molecule has 1 aliphatic heterocycles. The first-order valence-electron chi connectivity index (χ1n) is 6.33. The summed E-state index contributed by atoms with van der Waals surface area (Å²) < 4.78 is 13.2. The lowest BCUT2D eigenvalue weighted by Crippen LogP contribution is -2.45. The number of aliphatic carboxylic acids is 1. The smallest absolute Gasteiger partial charge is 0.320 e. The predicted molar refractivity (Wildman–Crippen MR) is 66.8 cm³/mol. The normalized spacial score (nSPS) is 22.7. The molecule has 1 aromatic rings. The average molecular weight is 251 g/mol. The first kappa shape index (κ1) is 13.0. The summed E-state index contributed by atoms with van der Waals surface area (Å²) in [5.74, 6) is -1.05. The minimum Gasteiger partial charge on any atom is -0.480 e. The van der Waals surface area contributed by atoms with Gasteiger partial charge in [0.15, 0.2) is 0 Å². The number of rotatable bonds is 3. The zero-order valence-electron chi connectivity index (χ0n) is 10.5. The van der Waals surface area contributed by atoms with Gasteiger partial charge >= 0.3 is 5.97 Å². The molecule has 18 heavy (non-hydrogen) atoms. The summed E-state index contributed by atoms with van der Waals surface area (Å²) in [6, 6.07) is 5.89. The van der Waals surface area contributed by atoms with Crippen molar-refractivity contribution in [2.75, 3.05) is 6.54 Å².